The van der Waals surface area contributed by atoms with Crippen LogP contribution < -0.4 is 0 Å². The number of aliphatic hydroxyl groups is 1. The predicted octanol–water partition coefficient (Wildman–Crippen LogP) is 2.67. The molecule has 5 nitrogen and oxygen atoms in total. The van der Waals surface area contributed by atoms with Crippen molar-refractivity contribution in [1.82, 2.24) is 0 Å². The molecule has 0 aromatic heterocycles. The molecule has 0 aromatic carbocycles. The summed E-state index contributed by atoms with van der Waals surface area (Å²) < 4.78 is 22.2. The third-order valence-corrected chi connectivity index (χ3v) is 2.58. The summed E-state index contributed by atoms with van der Waals surface area (Å²) in [6, 6.07) is 0. The highest BCUT2D eigenvalue weighted by atomic mass is 16.9. The van der Waals surface area contributed by atoms with Gasteiger partial charge in [-0.25, -0.2) is 0 Å². The van der Waals surface area contributed by atoms with Crippen molar-refractivity contribution in [1.29, 1.82) is 0 Å². The summed E-state index contributed by atoms with van der Waals surface area (Å²) in [7, 11) is 0. The zero-order chi connectivity index (χ0) is 14.8. The van der Waals surface area contributed by atoms with Crippen molar-refractivity contribution in [2.24, 2.45) is 0 Å². The van der Waals surface area contributed by atoms with Gasteiger partial charge in [0, 0.05) is 6.61 Å². The molecular weight excluding hydrogens is 248 g/mol. The van der Waals surface area contributed by atoms with E-state index >= 15 is 0 Å². The summed E-state index contributed by atoms with van der Waals surface area (Å²) >= 11 is 0. The standard InChI is InChI=1S/C14H30O5/c1-6-10-17-13(5,16-9-4)14(15,18-11-7-2)19-12-8-3/h15H,6-12H2,1-5H3. The lowest BCUT2D eigenvalue weighted by atomic mass is 10.2. The van der Waals surface area contributed by atoms with E-state index in [4.69, 9.17) is 18.9 Å². The van der Waals surface area contributed by atoms with E-state index in [1.54, 1.807) is 6.92 Å². The number of hydrogen-bond donors (Lipinski definition) is 1. The largest absolute Gasteiger partial charge is 0.344 e. The Morgan fingerprint density at radius 3 is 1.53 bits per heavy atom. The molecule has 1 unspecified atom stereocenters. The molecule has 0 rings (SSSR count). The Morgan fingerprint density at radius 1 is 0.737 bits per heavy atom. The van der Waals surface area contributed by atoms with Gasteiger partial charge in [-0.3, -0.25) is 0 Å². The van der Waals surface area contributed by atoms with Gasteiger partial charge in [0.15, 0.2) is 0 Å². The fraction of sp³-hybridized carbons (Fsp3) is 1.00. The molecular formula is C14H30O5. The van der Waals surface area contributed by atoms with Crippen LogP contribution in [0, 0.1) is 0 Å². The molecule has 0 aliphatic carbocycles. The Hall–Kier alpha value is -0.200. The third-order valence-electron chi connectivity index (χ3n) is 2.58. The molecule has 5 heteroatoms. The number of rotatable bonds is 12. The maximum absolute atomic E-state index is 10.7. The summed E-state index contributed by atoms with van der Waals surface area (Å²) in [4.78, 5) is 0. The van der Waals surface area contributed by atoms with Gasteiger partial charge in [-0.1, -0.05) is 20.8 Å². The second kappa shape index (κ2) is 9.66. The first-order valence-corrected chi connectivity index (χ1v) is 7.27. The molecule has 1 atom stereocenters. The van der Waals surface area contributed by atoms with E-state index < -0.39 is 11.8 Å². The minimum atomic E-state index is -1.88. The van der Waals surface area contributed by atoms with E-state index in [1.807, 2.05) is 27.7 Å². The van der Waals surface area contributed by atoms with Gasteiger partial charge in [-0.15, -0.1) is 0 Å². The first-order valence-electron chi connectivity index (χ1n) is 7.27. The van der Waals surface area contributed by atoms with E-state index in [0.29, 0.717) is 26.4 Å². The highest BCUT2D eigenvalue weighted by Gasteiger charge is 2.52. The first-order chi connectivity index (χ1) is 8.99. The molecule has 0 amide bonds. The SMILES string of the molecule is CCCOC(C)(OCC)C(O)(OCCC)OCCC. The van der Waals surface area contributed by atoms with Crippen LogP contribution in [-0.4, -0.2) is 43.3 Å². The van der Waals surface area contributed by atoms with Crippen LogP contribution in [0.2, 0.25) is 0 Å². The van der Waals surface area contributed by atoms with Crippen molar-refractivity contribution in [3.8, 4) is 0 Å². The Labute approximate surface area is 117 Å². The Morgan fingerprint density at radius 2 is 1.16 bits per heavy atom. The molecule has 1 N–H and O–H groups in total. The zero-order valence-electron chi connectivity index (χ0n) is 13.0. The monoisotopic (exact) mass is 278 g/mol. The van der Waals surface area contributed by atoms with Crippen molar-refractivity contribution >= 4 is 0 Å². The Bertz CT molecular complexity index is 214. The minimum Gasteiger partial charge on any atom is -0.344 e. The Kier molecular flexibility index (Phi) is 9.56. The van der Waals surface area contributed by atoms with E-state index in [1.165, 1.54) is 0 Å². The predicted molar refractivity (Wildman–Crippen MR) is 73.7 cm³/mol. The molecule has 0 fully saturated rings. The summed E-state index contributed by atoms with van der Waals surface area (Å²) in [6.45, 7) is 11.0. The van der Waals surface area contributed by atoms with Gasteiger partial charge in [0.05, 0.1) is 19.8 Å². The fourth-order valence-corrected chi connectivity index (χ4v) is 1.58. The first kappa shape index (κ1) is 18.8. The van der Waals surface area contributed by atoms with Crippen LogP contribution in [0.15, 0.2) is 0 Å². The van der Waals surface area contributed by atoms with Gasteiger partial charge in [0.1, 0.15) is 0 Å². The van der Waals surface area contributed by atoms with Crippen LogP contribution in [0.4, 0.5) is 0 Å². The van der Waals surface area contributed by atoms with Gasteiger partial charge >= 0.3 is 5.97 Å². The fourth-order valence-electron chi connectivity index (χ4n) is 1.58. The molecule has 0 aromatic rings. The second-order valence-electron chi connectivity index (χ2n) is 4.51. The normalized spacial score (nSPS) is 15.5. The van der Waals surface area contributed by atoms with Crippen LogP contribution in [-0.2, 0) is 18.9 Å². The topological polar surface area (TPSA) is 57.2 Å². The third kappa shape index (κ3) is 5.75. The van der Waals surface area contributed by atoms with E-state index in [9.17, 15) is 5.11 Å². The second-order valence-corrected chi connectivity index (χ2v) is 4.51. The Balaban J connectivity index is 4.97. The van der Waals surface area contributed by atoms with Crippen LogP contribution in [0.1, 0.15) is 53.9 Å². The maximum atomic E-state index is 10.7. The van der Waals surface area contributed by atoms with Crippen molar-refractivity contribution < 1.29 is 24.1 Å². The molecule has 0 saturated carbocycles. The molecule has 0 aliphatic rings. The number of hydrogen-bond acceptors (Lipinski definition) is 5. The molecule has 0 heterocycles. The average molecular weight is 278 g/mol. The summed E-state index contributed by atoms with van der Waals surface area (Å²) in [6.07, 6.45) is 2.36. The molecule has 0 radical (unpaired) electrons. The number of ether oxygens (including phenoxy) is 4. The van der Waals surface area contributed by atoms with Gasteiger partial charge in [-0.05, 0) is 33.1 Å². The van der Waals surface area contributed by atoms with Crippen LogP contribution in [0.3, 0.4) is 0 Å². The molecule has 0 aliphatic heterocycles. The lowest BCUT2D eigenvalue weighted by Crippen LogP contribution is -2.59. The summed E-state index contributed by atoms with van der Waals surface area (Å²) in [5, 5.41) is 10.7. The highest BCUT2D eigenvalue weighted by molar-refractivity contribution is 4.76. The molecule has 0 bridgehead atoms. The minimum absolute atomic E-state index is 0.373. The van der Waals surface area contributed by atoms with Gasteiger partial charge in [0.2, 0.25) is 5.79 Å². The molecule has 0 spiro atoms. The summed E-state index contributed by atoms with van der Waals surface area (Å²) in [5.74, 6) is -3.22. The van der Waals surface area contributed by atoms with Gasteiger partial charge in [0.25, 0.3) is 0 Å². The molecule has 0 saturated heterocycles. The van der Waals surface area contributed by atoms with E-state index in [-0.39, 0.29) is 0 Å². The van der Waals surface area contributed by atoms with Crippen molar-refractivity contribution in [3.63, 3.8) is 0 Å². The van der Waals surface area contributed by atoms with Crippen molar-refractivity contribution in [3.05, 3.63) is 0 Å². The lowest BCUT2D eigenvalue weighted by molar-refractivity contribution is -0.482. The van der Waals surface area contributed by atoms with Crippen molar-refractivity contribution in [2.75, 3.05) is 26.4 Å². The van der Waals surface area contributed by atoms with Gasteiger partial charge < -0.3 is 24.1 Å². The van der Waals surface area contributed by atoms with Crippen LogP contribution in [0.25, 0.3) is 0 Å². The smallest absolute Gasteiger partial charge is 0.337 e. The highest BCUT2D eigenvalue weighted by Crippen LogP contribution is 2.31. The summed E-state index contributed by atoms with van der Waals surface area (Å²) in [5.41, 5.74) is 0. The zero-order valence-corrected chi connectivity index (χ0v) is 13.0. The molecule has 116 valence electrons. The van der Waals surface area contributed by atoms with Crippen LogP contribution in [0.5, 0.6) is 0 Å². The van der Waals surface area contributed by atoms with E-state index in [0.717, 1.165) is 19.3 Å². The average Bonchev–Trinajstić information content (AvgIpc) is 2.40. The van der Waals surface area contributed by atoms with E-state index in [2.05, 4.69) is 0 Å². The quantitative estimate of drug-likeness (QED) is 0.556. The maximum Gasteiger partial charge on any atom is 0.337 e. The van der Waals surface area contributed by atoms with Crippen molar-refractivity contribution in [2.45, 2.75) is 65.6 Å². The molecule has 19 heavy (non-hydrogen) atoms. The van der Waals surface area contributed by atoms with Gasteiger partial charge in [-0.2, -0.15) is 0 Å². The van der Waals surface area contributed by atoms with Crippen LogP contribution >= 0.6 is 0 Å². The lowest BCUT2D eigenvalue weighted by Gasteiger charge is -2.42.